The van der Waals surface area contributed by atoms with Crippen molar-refractivity contribution in [3.05, 3.63) is 30.1 Å². The molecule has 0 saturated heterocycles. The molecule has 0 spiro atoms. The average molecular weight is 260 g/mol. The number of rotatable bonds is 5. The van der Waals surface area contributed by atoms with Crippen molar-refractivity contribution in [3.8, 4) is 5.88 Å². The molecule has 5 heteroatoms. The van der Waals surface area contributed by atoms with Crippen molar-refractivity contribution in [1.29, 1.82) is 0 Å². The van der Waals surface area contributed by atoms with Crippen molar-refractivity contribution in [2.75, 3.05) is 13.2 Å². The fourth-order valence-electron chi connectivity index (χ4n) is 1.69. The number of para-hydroxylation sites is 1. The molecule has 2 aromatic rings. The number of esters is 1. The van der Waals surface area contributed by atoms with Crippen LogP contribution in [0.4, 0.5) is 0 Å². The van der Waals surface area contributed by atoms with Crippen LogP contribution in [0.25, 0.3) is 10.9 Å². The molecule has 0 bridgehead atoms. The zero-order valence-corrected chi connectivity index (χ0v) is 11.0. The van der Waals surface area contributed by atoms with E-state index in [1.807, 2.05) is 31.2 Å². The lowest BCUT2D eigenvalue weighted by atomic mass is 10.2. The van der Waals surface area contributed by atoms with Gasteiger partial charge in [-0.05, 0) is 12.1 Å². The smallest absolute Gasteiger partial charge is 0.302 e. The SMILES string of the molecule is CCc1nc(OCCOC(C)=O)c2ccccc2n1. The summed E-state index contributed by atoms with van der Waals surface area (Å²) in [7, 11) is 0. The number of carbonyl (C=O) groups is 1. The summed E-state index contributed by atoms with van der Waals surface area (Å²) in [6, 6.07) is 7.68. The highest BCUT2D eigenvalue weighted by Crippen LogP contribution is 2.22. The molecule has 5 nitrogen and oxygen atoms in total. The molecule has 0 radical (unpaired) electrons. The fraction of sp³-hybridized carbons (Fsp3) is 0.357. The number of nitrogens with zero attached hydrogens (tertiary/aromatic N) is 2. The summed E-state index contributed by atoms with van der Waals surface area (Å²) in [6.07, 6.45) is 0.741. The van der Waals surface area contributed by atoms with Crippen LogP contribution in [-0.4, -0.2) is 29.2 Å². The third-order valence-corrected chi connectivity index (χ3v) is 2.56. The molecule has 0 aliphatic rings. The molecule has 0 amide bonds. The minimum atomic E-state index is -0.314. The van der Waals surface area contributed by atoms with Gasteiger partial charge in [-0.1, -0.05) is 19.1 Å². The zero-order valence-electron chi connectivity index (χ0n) is 11.0. The van der Waals surface area contributed by atoms with Crippen molar-refractivity contribution in [1.82, 2.24) is 9.97 Å². The molecule has 0 N–H and O–H groups in total. The molecule has 0 unspecified atom stereocenters. The van der Waals surface area contributed by atoms with Crippen LogP contribution in [0, 0.1) is 0 Å². The molecule has 1 heterocycles. The maximum atomic E-state index is 10.7. The van der Waals surface area contributed by atoms with Crippen LogP contribution >= 0.6 is 0 Å². The predicted octanol–water partition coefficient (Wildman–Crippen LogP) is 2.13. The first kappa shape index (κ1) is 13.3. The Labute approximate surface area is 111 Å². The highest BCUT2D eigenvalue weighted by molar-refractivity contribution is 5.83. The molecule has 1 aromatic carbocycles. The van der Waals surface area contributed by atoms with Crippen LogP contribution in [0.1, 0.15) is 19.7 Å². The van der Waals surface area contributed by atoms with Crippen LogP contribution in [0.5, 0.6) is 5.88 Å². The van der Waals surface area contributed by atoms with Crippen molar-refractivity contribution in [3.63, 3.8) is 0 Å². The van der Waals surface area contributed by atoms with Gasteiger partial charge in [0.1, 0.15) is 19.0 Å². The number of hydrogen-bond acceptors (Lipinski definition) is 5. The summed E-state index contributed by atoms with van der Waals surface area (Å²) >= 11 is 0. The topological polar surface area (TPSA) is 61.3 Å². The summed E-state index contributed by atoms with van der Waals surface area (Å²) < 4.78 is 10.4. The van der Waals surface area contributed by atoms with Gasteiger partial charge in [0.25, 0.3) is 0 Å². The Morgan fingerprint density at radius 2 is 2.00 bits per heavy atom. The van der Waals surface area contributed by atoms with Crippen molar-refractivity contribution in [2.24, 2.45) is 0 Å². The Bertz CT molecular complexity index is 584. The van der Waals surface area contributed by atoms with Crippen molar-refractivity contribution < 1.29 is 14.3 Å². The Balaban J connectivity index is 2.18. The predicted molar refractivity (Wildman–Crippen MR) is 71.0 cm³/mol. The summed E-state index contributed by atoms with van der Waals surface area (Å²) in [6.45, 7) is 3.86. The maximum absolute atomic E-state index is 10.7. The standard InChI is InChI=1S/C14H16N2O3/c1-3-13-15-12-7-5-4-6-11(12)14(16-13)19-9-8-18-10(2)17/h4-7H,3,8-9H2,1-2H3. The summed E-state index contributed by atoms with van der Waals surface area (Å²) in [5.41, 5.74) is 0.858. The van der Waals surface area contributed by atoms with E-state index in [0.29, 0.717) is 5.88 Å². The number of hydrogen-bond donors (Lipinski definition) is 0. The molecule has 2 rings (SSSR count). The lowest BCUT2D eigenvalue weighted by molar-refractivity contribution is -0.141. The number of carbonyl (C=O) groups excluding carboxylic acids is 1. The monoisotopic (exact) mass is 260 g/mol. The first-order valence-electron chi connectivity index (χ1n) is 6.22. The maximum Gasteiger partial charge on any atom is 0.302 e. The van der Waals surface area contributed by atoms with Gasteiger partial charge < -0.3 is 9.47 Å². The molecular formula is C14H16N2O3. The van der Waals surface area contributed by atoms with Gasteiger partial charge in [-0.15, -0.1) is 0 Å². The quantitative estimate of drug-likeness (QED) is 0.609. The van der Waals surface area contributed by atoms with Gasteiger partial charge in [0.2, 0.25) is 5.88 Å². The largest absolute Gasteiger partial charge is 0.474 e. The van der Waals surface area contributed by atoms with Gasteiger partial charge in [-0.3, -0.25) is 4.79 Å². The Hall–Kier alpha value is -2.17. The summed E-state index contributed by atoms with van der Waals surface area (Å²) in [5.74, 6) is 0.959. The highest BCUT2D eigenvalue weighted by Gasteiger charge is 2.07. The highest BCUT2D eigenvalue weighted by atomic mass is 16.6. The molecule has 0 aliphatic carbocycles. The first-order valence-corrected chi connectivity index (χ1v) is 6.22. The first-order chi connectivity index (χ1) is 9.20. The lowest BCUT2D eigenvalue weighted by Crippen LogP contribution is -2.11. The van der Waals surface area contributed by atoms with Gasteiger partial charge >= 0.3 is 5.97 Å². The van der Waals surface area contributed by atoms with E-state index in [1.165, 1.54) is 6.92 Å². The normalized spacial score (nSPS) is 10.4. The van der Waals surface area contributed by atoms with Gasteiger partial charge in [0, 0.05) is 13.3 Å². The number of benzene rings is 1. The van der Waals surface area contributed by atoms with Crippen molar-refractivity contribution in [2.45, 2.75) is 20.3 Å². The Morgan fingerprint density at radius 3 is 2.74 bits per heavy atom. The number of aromatic nitrogens is 2. The van der Waals surface area contributed by atoms with E-state index in [9.17, 15) is 4.79 Å². The number of fused-ring (bicyclic) bond motifs is 1. The summed E-state index contributed by atoms with van der Waals surface area (Å²) in [4.78, 5) is 19.5. The third kappa shape index (κ3) is 3.40. The van der Waals surface area contributed by atoms with Gasteiger partial charge in [-0.25, -0.2) is 4.98 Å². The minimum absolute atomic E-state index is 0.217. The van der Waals surface area contributed by atoms with Crippen LogP contribution in [0.2, 0.25) is 0 Å². The third-order valence-electron chi connectivity index (χ3n) is 2.56. The molecular weight excluding hydrogens is 244 g/mol. The molecule has 0 atom stereocenters. The van der Waals surface area contributed by atoms with E-state index in [0.717, 1.165) is 23.1 Å². The molecule has 0 fully saturated rings. The van der Waals surface area contributed by atoms with Gasteiger partial charge in [0.15, 0.2) is 0 Å². The molecule has 100 valence electrons. The second-order valence-electron chi connectivity index (χ2n) is 4.00. The van der Waals surface area contributed by atoms with E-state index >= 15 is 0 Å². The van der Waals surface area contributed by atoms with E-state index in [1.54, 1.807) is 0 Å². The molecule has 0 aliphatic heterocycles. The number of ether oxygens (including phenoxy) is 2. The average Bonchev–Trinajstić information content (AvgIpc) is 2.42. The van der Waals surface area contributed by atoms with Crippen LogP contribution < -0.4 is 4.74 Å². The Morgan fingerprint density at radius 1 is 1.21 bits per heavy atom. The fourth-order valence-corrected chi connectivity index (χ4v) is 1.69. The summed E-state index contributed by atoms with van der Waals surface area (Å²) in [5, 5.41) is 0.863. The second-order valence-corrected chi connectivity index (χ2v) is 4.00. The van der Waals surface area contributed by atoms with E-state index < -0.39 is 0 Å². The van der Waals surface area contributed by atoms with Crippen LogP contribution in [-0.2, 0) is 16.0 Å². The molecule has 1 aromatic heterocycles. The van der Waals surface area contributed by atoms with E-state index in [-0.39, 0.29) is 19.2 Å². The van der Waals surface area contributed by atoms with Gasteiger partial charge in [0.05, 0.1) is 10.9 Å². The molecule has 19 heavy (non-hydrogen) atoms. The van der Waals surface area contributed by atoms with E-state index in [4.69, 9.17) is 9.47 Å². The number of aryl methyl sites for hydroxylation is 1. The second kappa shape index (κ2) is 6.13. The lowest BCUT2D eigenvalue weighted by Gasteiger charge is -2.09. The Kier molecular flexibility index (Phi) is 4.28. The van der Waals surface area contributed by atoms with Crippen LogP contribution in [0.3, 0.4) is 0 Å². The van der Waals surface area contributed by atoms with Crippen LogP contribution in [0.15, 0.2) is 24.3 Å². The zero-order chi connectivity index (χ0) is 13.7. The van der Waals surface area contributed by atoms with E-state index in [2.05, 4.69) is 9.97 Å². The minimum Gasteiger partial charge on any atom is -0.474 e. The van der Waals surface area contributed by atoms with Crippen molar-refractivity contribution >= 4 is 16.9 Å². The molecule has 0 saturated carbocycles. The van der Waals surface area contributed by atoms with Gasteiger partial charge in [-0.2, -0.15) is 4.98 Å².